The molecule has 0 saturated carbocycles. The zero-order chi connectivity index (χ0) is 14.9. The highest BCUT2D eigenvalue weighted by molar-refractivity contribution is 6.30. The summed E-state index contributed by atoms with van der Waals surface area (Å²) in [4.78, 5) is 4.32. The van der Waals surface area contributed by atoms with E-state index in [1.54, 1.807) is 0 Å². The van der Waals surface area contributed by atoms with Gasteiger partial charge in [0.15, 0.2) is 0 Å². The molecular weight excluding hydrogens is 294 g/mol. The van der Waals surface area contributed by atoms with E-state index in [0.29, 0.717) is 6.04 Å². The van der Waals surface area contributed by atoms with E-state index in [2.05, 4.69) is 39.3 Å². The summed E-state index contributed by atoms with van der Waals surface area (Å²) in [6.45, 7) is 2.18. The Morgan fingerprint density at radius 1 is 1.09 bits per heavy atom. The fourth-order valence-electron chi connectivity index (χ4n) is 3.34. The van der Waals surface area contributed by atoms with Crippen LogP contribution in [0.1, 0.15) is 18.9 Å². The van der Waals surface area contributed by atoms with E-state index in [-0.39, 0.29) is 0 Å². The summed E-state index contributed by atoms with van der Waals surface area (Å²) in [6.07, 6.45) is 8.48. The second kappa shape index (κ2) is 5.75. The molecule has 0 atom stereocenters. The lowest BCUT2D eigenvalue weighted by molar-refractivity contribution is 0.376. The largest absolute Gasteiger partial charge is 0.344 e. The van der Waals surface area contributed by atoms with Gasteiger partial charge in [0.05, 0.1) is 5.52 Å². The van der Waals surface area contributed by atoms with Gasteiger partial charge in [-0.15, -0.1) is 0 Å². The number of nitrogens with one attached hydrogen (secondary N) is 1. The molecule has 112 valence electrons. The van der Waals surface area contributed by atoms with E-state index in [4.69, 9.17) is 11.6 Å². The molecule has 22 heavy (non-hydrogen) atoms. The van der Waals surface area contributed by atoms with Gasteiger partial charge < -0.3 is 9.88 Å². The quantitative estimate of drug-likeness (QED) is 0.765. The maximum Gasteiger partial charge on any atom is 0.0520 e. The number of hydrogen-bond donors (Lipinski definition) is 1. The molecule has 0 aliphatic carbocycles. The van der Waals surface area contributed by atoms with Crippen molar-refractivity contribution < 1.29 is 0 Å². The molecule has 1 N–H and O–H groups in total. The fourth-order valence-corrected chi connectivity index (χ4v) is 3.47. The van der Waals surface area contributed by atoms with Crippen LogP contribution in [0.5, 0.6) is 0 Å². The maximum absolute atomic E-state index is 6.02. The second-order valence-corrected chi connectivity index (χ2v) is 6.27. The smallest absolute Gasteiger partial charge is 0.0520 e. The third kappa shape index (κ3) is 2.40. The third-order valence-corrected chi connectivity index (χ3v) is 4.74. The number of nitrogens with zero attached hydrogens (tertiary/aromatic N) is 2. The molecule has 3 nitrogen and oxygen atoms in total. The Kier molecular flexibility index (Phi) is 3.60. The molecule has 1 aliphatic heterocycles. The molecule has 1 fully saturated rings. The predicted octanol–water partition coefficient (Wildman–Crippen LogP) is 4.28. The number of pyridine rings is 1. The van der Waals surface area contributed by atoms with Crippen LogP contribution in [0.15, 0.2) is 48.9 Å². The first kappa shape index (κ1) is 13.8. The van der Waals surface area contributed by atoms with Gasteiger partial charge in [-0.3, -0.25) is 4.98 Å². The van der Waals surface area contributed by atoms with Crippen LogP contribution in [0.2, 0.25) is 5.02 Å². The molecule has 3 aromatic rings. The van der Waals surface area contributed by atoms with Crippen LogP contribution in [0, 0.1) is 0 Å². The van der Waals surface area contributed by atoms with Crippen LogP contribution >= 0.6 is 11.6 Å². The van der Waals surface area contributed by atoms with Gasteiger partial charge in [0.1, 0.15) is 0 Å². The van der Waals surface area contributed by atoms with E-state index < -0.39 is 0 Å². The fraction of sp³-hybridized carbons (Fsp3) is 0.278. The van der Waals surface area contributed by atoms with E-state index in [1.165, 1.54) is 34.9 Å². The maximum atomic E-state index is 6.02. The van der Waals surface area contributed by atoms with Gasteiger partial charge in [-0.05, 0) is 49.7 Å². The third-order valence-electron chi connectivity index (χ3n) is 4.49. The van der Waals surface area contributed by atoms with E-state index in [1.807, 2.05) is 24.5 Å². The van der Waals surface area contributed by atoms with Crippen molar-refractivity contribution in [1.82, 2.24) is 14.9 Å². The van der Waals surface area contributed by atoms with Gasteiger partial charge in [-0.25, -0.2) is 0 Å². The van der Waals surface area contributed by atoms with Crippen LogP contribution in [0.3, 0.4) is 0 Å². The molecule has 3 heterocycles. The van der Waals surface area contributed by atoms with Crippen LogP contribution in [-0.2, 0) is 0 Å². The highest BCUT2D eigenvalue weighted by atomic mass is 35.5. The van der Waals surface area contributed by atoms with Crippen molar-refractivity contribution >= 4 is 22.5 Å². The van der Waals surface area contributed by atoms with Gasteiger partial charge in [0, 0.05) is 40.6 Å². The normalized spacial score (nSPS) is 16.2. The lowest BCUT2D eigenvalue weighted by atomic mass is 10.1. The number of halogens is 1. The Balaban J connectivity index is 1.86. The zero-order valence-electron chi connectivity index (χ0n) is 12.3. The highest BCUT2D eigenvalue weighted by Gasteiger charge is 2.19. The van der Waals surface area contributed by atoms with Crippen molar-refractivity contribution in [3.05, 3.63) is 53.9 Å². The number of aromatic nitrogens is 2. The summed E-state index contributed by atoms with van der Waals surface area (Å²) in [5.41, 5.74) is 3.69. The molecule has 0 radical (unpaired) electrons. The first-order chi connectivity index (χ1) is 10.8. The Morgan fingerprint density at radius 2 is 1.86 bits per heavy atom. The molecule has 0 bridgehead atoms. The van der Waals surface area contributed by atoms with Gasteiger partial charge in [-0.2, -0.15) is 0 Å². The molecule has 1 aromatic carbocycles. The van der Waals surface area contributed by atoms with Crippen LogP contribution in [-0.4, -0.2) is 22.6 Å². The van der Waals surface area contributed by atoms with Crippen molar-refractivity contribution in [2.24, 2.45) is 0 Å². The topological polar surface area (TPSA) is 29.9 Å². The molecular formula is C18H18ClN3. The van der Waals surface area contributed by atoms with E-state index in [9.17, 15) is 0 Å². The predicted molar refractivity (Wildman–Crippen MR) is 91.3 cm³/mol. The first-order valence-electron chi connectivity index (χ1n) is 7.74. The first-order valence-corrected chi connectivity index (χ1v) is 8.12. The molecule has 1 aliphatic rings. The van der Waals surface area contributed by atoms with Crippen molar-refractivity contribution in [3.8, 4) is 11.1 Å². The summed E-state index contributed by atoms with van der Waals surface area (Å²) in [5.74, 6) is 0. The summed E-state index contributed by atoms with van der Waals surface area (Å²) in [7, 11) is 0. The van der Waals surface area contributed by atoms with Crippen molar-refractivity contribution in [2.45, 2.75) is 18.9 Å². The SMILES string of the molecule is Clc1ccc(-c2cn(C3CCNCC3)c3ccncc23)cc1. The minimum Gasteiger partial charge on any atom is -0.344 e. The molecule has 1 saturated heterocycles. The number of piperidine rings is 1. The van der Waals surface area contributed by atoms with E-state index >= 15 is 0 Å². The monoisotopic (exact) mass is 311 g/mol. The number of fused-ring (bicyclic) bond motifs is 1. The van der Waals surface area contributed by atoms with Crippen molar-refractivity contribution in [2.75, 3.05) is 13.1 Å². The summed E-state index contributed by atoms with van der Waals surface area (Å²) >= 11 is 6.02. The van der Waals surface area contributed by atoms with Crippen LogP contribution in [0.25, 0.3) is 22.0 Å². The standard InChI is InChI=1S/C18H18ClN3/c19-14-3-1-13(2-4-14)17-12-22(15-5-8-20-9-6-15)18-7-10-21-11-16(17)18/h1-4,7,10-12,15,20H,5-6,8-9H2. The minimum absolute atomic E-state index is 0.562. The minimum atomic E-state index is 0.562. The molecule has 4 heteroatoms. The van der Waals surface area contributed by atoms with Gasteiger partial charge in [0.2, 0.25) is 0 Å². The second-order valence-electron chi connectivity index (χ2n) is 5.83. The van der Waals surface area contributed by atoms with E-state index in [0.717, 1.165) is 18.1 Å². The summed E-state index contributed by atoms with van der Waals surface area (Å²) in [5, 5.41) is 5.42. The highest BCUT2D eigenvalue weighted by Crippen LogP contribution is 2.34. The Bertz CT molecular complexity index is 786. The van der Waals surface area contributed by atoms with Crippen LogP contribution < -0.4 is 5.32 Å². The zero-order valence-corrected chi connectivity index (χ0v) is 13.1. The molecule has 4 rings (SSSR count). The summed E-state index contributed by atoms with van der Waals surface area (Å²) < 4.78 is 2.43. The Hall–Kier alpha value is -1.84. The van der Waals surface area contributed by atoms with Crippen molar-refractivity contribution in [3.63, 3.8) is 0 Å². The lowest BCUT2D eigenvalue weighted by Gasteiger charge is -2.25. The average molecular weight is 312 g/mol. The number of benzene rings is 1. The van der Waals surface area contributed by atoms with Crippen LogP contribution in [0.4, 0.5) is 0 Å². The number of hydrogen-bond acceptors (Lipinski definition) is 2. The molecule has 0 amide bonds. The molecule has 2 aromatic heterocycles. The number of rotatable bonds is 2. The van der Waals surface area contributed by atoms with Gasteiger partial charge in [-0.1, -0.05) is 23.7 Å². The molecule has 0 spiro atoms. The molecule has 0 unspecified atom stereocenters. The van der Waals surface area contributed by atoms with Crippen molar-refractivity contribution in [1.29, 1.82) is 0 Å². The Morgan fingerprint density at radius 3 is 2.64 bits per heavy atom. The lowest BCUT2D eigenvalue weighted by Crippen LogP contribution is -2.29. The van der Waals surface area contributed by atoms with Gasteiger partial charge >= 0.3 is 0 Å². The Labute approximate surface area is 134 Å². The van der Waals surface area contributed by atoms with Gasteiger partial charge in [0.25, 0.3) is 0 Å². The summed E-state index contributed by atoms with van der Waals surface area (Å²) in [6, 6.07) is 10.7. The average Bonchev–Trinajstić information content (AvgIpc) is 2.96.